The Morgan fingerprint density at radius 1 is 1.54 bits per heavy atom. The van der Waals surface area contributed by atoms with Crippen molar-refractivity contribution in [1.29, 1.82) is 0 Å². The first-order valence-electron chi connectivity index (χ1n) is 5.28. The lowest BCUT2D eigenvalue weighted by atomic mass is 9.88. The molecule has 2 fully saturated rings. The van der Waals surface area contributed by atoms with Crippen LogP contribution in [0.5, 0.6) is 0 Å². The molecule has 3 heteroatoms. The summed E-state index contributed by atoms with van der Waals surface area (Å²) in [6, 6.07) is 0.581. The summed E-state index contributed by atoms with van der Waals surface area (Å²) in [4.78, 5) is 2.35. The molecule has 1 unspecified atom stereocenters. The number of β-amino-alcohol motifs (C(OH)–C–C–N with tert-alkyl or cyclic N) is 1. The number of likely N-dealkylation sites (tertiary alicyclic amines) is 1. The third-order valence-electron chi connectivity index (χ3n) is 3.13. The largest absolute Gasteiger partial charge is 0.387 e. The van der Waals surface area contributed by atoms with Gasteiger partial charge in [-0.3, -0.25) is 4.90 Å². The number of rotatable bonds is 3. The van der Waals surface area contributed by atoms with Crippen molar-refractivity contribution in [3.05, 3.63) is 0 Å². The Hall–Kier alpha value is -0.120. The predicted octanol–water partition coefficient (Wildman–Crippen LogP) is 0.622. The fraction of sp³-hybridized carbons (Fsp3) is 1.00. The molecule has 2 heterocycles. The van der Waals surface area contributed by atoms with Crippen molar-refractivity contribution in [2.45, 2.75) is 37.8 Å². The average Bonchev–Trinajstić information content (AvgIpc) is 2.52. The Morgan fingerprint density at radius 3 is 2.85 bits per heavy atom. The number of hydrogen-bond donors (Lipinski definition) is 1. The lowest BCUT2D eigenvalue weighted by Crippen LogP contribution is -2.64. The minimum Gasteiger partial charge on any atom is -0.387 e. The highest BCUT2D eigenvalue weighted by Crippen LogP contribution is 2.29. The van der Waals surface area contributed by atoms with Crippen LogP contribution in [0.25, 0.3) is 0 Å². The second-order valence-electron chi connectivity index (χ2n) is 4.40. The van der Waals surface area contributed by atoms with Gasteiger partial charge in [-0.15, -0.1) is 0 Å². The van der Waals surface area contributed by atoms with Crippen LogP contribution in [-0.4, -0.2) is 48.0 Å². The highest BCUT2D eigenvalue weighted by molar-refractivity contribution is 4.98. The van der Waals surface area contributed by atoms with Gasteiger partial charge in [0.15, 0.2) is 0 Å². The zero-order valence-electron chi connectivity index (χ0n) is 8.33. The van der Waals surface area contributed by atoms with Crippen LogP contribution in [0.3, 0.4) is 0 Å². The number of hydrogen-bond acceptors (Lipinski definition) is 3. The molecule has 76 valence electrons. The molecule has 2 rings (SSSR count). The van der Waals surface area contributed by atoms with Crippen molar-refractivity contribution in [3.63, 3.8) is 0 Å². The molecule has 2 aliphatic rings. The average molecular weight is 185 g/mol. The van der Waals surface area contributed by atoms with Crippen molar-refractivity contribution in [2.24, 2.45) is 0 Å². The maximum atomic E-state index is 9.96. The topological polar surface area (TPSA) is 32.7 Å². The summed E-state index contributed by atoms with van der Waals surface area (Å²) in [5, 5.41) is 9.96. The van der Waals surface area contributed by atoms with Crippen LogP contribution in [-0.2, 0) is 4.74 Å². The van der Waals surface area contributed by atoms with Gasteiger partial charge in [0.2, 0.25) is 0 Å². The standard InChI is InChI=1S/C10H19NO2/c1-2-4-10(12)7-11(8-10)9-3-5-13-6-9/h9,12H,2-8H2,1H3. The molecule has 1 N–H and O–H groups in total. The van der Waals surface area contributed by atoms with Gasteiger partial charge in [0.05, 0.1) is 12.2 Å². The molecule has 2 saturated heterocycles. The first-order chi connectivity index (χ1) is 6.23. The lowest BCUT2D eigenvalue weighted by Gasteiger charge is -2.49. The van der Waals surface area contributed by atoms with Crippen LogP contribution < -0.4 is 0 Å². The van der Waals surface area contributed by atoms with Crippen LogP contribution in [0.2, 0.25) is 0 Å². The van der Waals surface area contributed by atoms with Gasteiger partial charge in [0, 0.05) is 25.7 Å². The van der Waals surface area contributed by atoms with E-state index >= 15 is 0 Å². The van der Waals surface area contributed by atoms with E-state index in [0.29, 0.717) is 6.04 Å². The van der Waals surface area contributed by atoms with Gasteiger partial charge in [-0.1, -0.05) is 13.3 Å². The molecule has 0 aliphatic carbocycles. The van der Waals surface area contributed by atoms with Gasteiger partial charge in [-0.2, -0.15) is 0 Å². The summed E-state index contributed by atoms with van der Waals surface area (Å²) < 4.78 is 5.32. The summed E-state index contributed by atoms with van der Waals surface area (Å²) >= 11 is 0. The van der Waals surface area contributed by atoms with Crippen LogP contribution in [0.15, 0.2) is 0 Å². The van der Waals surface area contributed by atoms with E-state index in [4.69, 9.17) is 4.74 Å². The van der Waals surface area contributed by atoms with Crippen molar-refractivity contribution >= 4 is 0 Å². The van der Waals surface area contributed by atoms with Crippen molar-refractivity contribution in [1.82, 2.24) is 4.90 Å². The molecule has 0 aromatic carbocycles. The molecule has 13 heavy (non-hydrogen) atoms. The normalized spacial score (nSPS) is 33.2. The summed E-state index contributed by atoms with van der Waals surface area (Å²) in [6.45, 7) is 5.60. The minimum absolute atomic E-state index is 0.378. The second-order valence-corrected chi connectivity index (χ2v) is 4.40. The van der Waals surface area contributed by atoms with E-state index in [1.165, 1.54) is 0 Å². The molecule has 0 aromatic rings. The first kappa shape index (κ1) is 9.44. The number of ether oxygens (including phenoxy) is 1. The van der Waals surface area contributed by atoms with E-state index in [1.54, 1.807) is 0 Å². The van der Waals surface area contributed by atoms with E-state index in [9.17, 15) is 5.11 Å². The molecule has 0 aromatic heterocycles. The van der Waals surface area contributed by atoms with E-state index in [0.717, 1.165) is 45.6 Å². The highest BCUT2D eigenvalue weighted by atomic mass is 16.5. The number of aliphatic hydroxyl groups is 1. The van der Waals surface area contributed by atoms with E-state index in [2.05, 4.69) is 11.8 Å². The molecule has 0 radical (unpaired) electrons. The Labute approximate surface area is 79.7 Å². The van der Waals surface area contributed by atoms with E-state index in [-0.39, 0.29) is 5.60 Å². The fourth-order valence-corrected chi connectivity index (χ4v) is 2.40. The smallest absolute Gasteiger partial charge is 0.0900 e. The van der Waals surface area contributed by atoms with Crippen LogP contribution in [0.1, 0.15) is 26.2 Å². The number of nitrogens with zero attached hydrogens (tertiary/aromatic N) is 1. The molecule has 1 atom stereocenters. The van der Waals surface area contributed by atoms with Crippen LogP contribution in [0, 0.1) is 0 Å². The molecular weight excluding hydrogens is 166 g/mol. The zero-order chi connectivity index (χ0) is 9.31. The van der Waals surface area contributed by atoms with Crippen molar-refractivity contribution in [3.8, 4) is 0 Å². The molecular formula is C10H19NO2. The molecule has 0 saturated carbocycles. The maximum absolute atomic E-state index is 9.96. The van der Waals surface area contributed by atoms with Gasteiger partial charge in [-0.25, -0.2) is 0 Å². The third-order valence-corrected chi connectivity index (χ3v) is 3.13. The summed E-state index contributed by atoms with van der Waals surface area (Å²) in [5.41, 5.74) is -0.378. The third kappa shape index (κ3) is 1.87. The highest BCUT2D eigenvalue weighted by Gasteiger charge is 2.43. The van der Waals surface area contributed by atoms with Crippen LogP contribution >= 0.6 is 0 Å². The van der Waals surface area contributed by atoms with E-state index < -0.39 is 0 Å². The zero-order valence-corrected chi connectivity index (χ0v) is 8.33. The van der Waals surface area contributed by atoms with Gasteiger partial charge < -0.3 is 9.84 Å². The van der Waals surface area contributed by atoms with Gasteiger partial charge in [0.1, 0.15) is 0 Å². The molecule has 2 aliphatic heterocycles. The van der Waals surface area contributed by atoms with Crippen LogP contribution in [0.4, 0.5) is 0 Å². The molecule has 0 amide bonds. The SMILES string of the molecule is CCCC1(O)CN(C2CCOC2)C1. The van der Waals surface area contributed by atoms with Gasteiger partial charge in [-0.05, 0) is 12.8 Å². The fourth-order valence-electron chi connectivity index (χ4n) is 2.40. The first-order valence-corrected chi connectivity index (χ1v) is 5.28. The summed E-state index contributed by atoms with van der Waals surface area (Å²) in [7, 11) is 0. The molecule has 0 bridgehead atoms. The monoisotopic (exact) mass is 185 g/mol. The van der Waals surface area contributed by atoms with Crippen molar-refractivity contribution in [2.75, 3.05) is 26.3 Å². The minimum atomic E-state index is -0.378. The Balaban J connectivity index is 1.76. The van der Waals surface area contributed by atoms with Crippen molar-refractivity contribution < 1.29 is 9.84 Å². The van der Waals surface area contributed by atoms with Gasteiger partial charge >= 0.3 is 0 Å². The quantitative estimate of drug-likeness (QED) is 0.699. The Kier molecular flexibility index (Phi) is 2.58. The summed E-state index contributed by atoms with van der Waals surface area (Å²) in [6.07, 6.45) is 3.16. The summed E-state index contributed by atoms with van der Waals surface area (Å²) in [5.74, 6) is 0. The lowest BCUT2D eigenvalue weighted by molar-refractivity contribution is -0.119. The molecule has 3 nitrogen and oxygen atoms in total. The Morgan fingerprint density at radius 2 is 2.31 bits per heavy atom. The Bertz CT molecular complexity index is 172. The second kappa shape index (κ2) is 3.56. The maximum Gasteiger partial charge on any atom is 0.0900 e. The predicted molar refractivity (Wildman–Crippen MR) is 50.7 cm³/mol. The van der Waals surface area contributed by atoms with Gasteiger partial charge in [0.25, 0.3) is 0 Å². The molecule has 0 spiro atoms. The van der Waals surface area contributed by atoms with E-state index in [1.807, 2.05) is 0 Å².